The Kier molecular flexibility index (Phi) is 7.21. The number of carbonyl (C=O) groups excluding carboxylic acids is 1. The van der Waals surface area contributed by atoms with Gasteiger partial charge in [0.1, 0.15) is 0 Å². The molecule has 7 nitrogen and oxygen atoms in total. The maximum absolute atomic E-state index is 12.1. The molecule has 0 saturated heterocycles. The second-order valence-electron chi connectivity index (χ2n) is 5.25. The highest BCUT2D eigenvalue weighted by Gasteiger charge is 2.16. The van der Waals surface area contributed by atoms with Crippen LogP contribution in [0.15, 0.2) is 23.1 Å². The quantitative estimate of drug-likeness (QED) is 0.664. The van der Waals surface area contributed by atoms with Crippen LogP contribution < -0.4 is 5.32 Å². The molecule has 0 fully saturated rings. The largest absolute Gasteiger partial charge is 0.352 e. The van der Waals surface area contributed by atoms with Crippen LogP contribution in [0.4, 0.5) is 0 Å². The first kappa shape index (κ1) is 20.9. The molecule has 1 aromatic rings. The zero-order valence-electron chi connectivity index (χ0n) is 13.7. The average molecular weight is 397 g/mol. The molecular weight excluding hydrogens is 376 g/mol. The summed E-state index contributed by atoms with van der Waals surface area (Å²) in [6, 6.07) is 4.01. The van der Waals surface area contributed by atoms with Crippen LogP contribution >= 0.6 is 11.6 Å². The van der Waals surface area contributed by atoms with Crippen LogP contribution in [0.25, 0.3) is 0 Å². The molecule has 0 spiro atoms. The third kappa shape index (κ3) is 5.73. The van der Waals surface area contributed by atoms with Crippen molar-refractivity contribution in [1.82, 2.24) is 9.62 Å². The molecule has 0 aromatic heterocycles. The van der Waals surface area contributed by atoms with Gasteiger partial charge in [-0.2, -0.15) is 0 Å². The highest BCUT2D eigenvalue weighted by Crippen LogP contribution is 2.22. The summed E-state index contributed by atoms with van der Waals surface area (Å²) in [6.45, 7) is 2.11. The fraction of sp³-hybridized carbons (Fsp3) is 0.500. The third-order valence-electron chi connectivity index (χ3n) is 3.37. The van der Waals surface area contributed by atoms with Gasteiger partial charge in [-0.25, -0.2) is 21.1 Å². The summed E-state index contributed by atoms with van der Waals surface area (Å²) in [5, 5.41) is 2.68. The minimum atomic E-state index is -3.53. The normalized spacial score (nSPS) is 12.4. The maximum Gasteiger partial charge on any atom is 0.251 e. The number of hydrogen-bond acceptors (Lipinski definition) is 5. The topological polar surface area (TPSA) is 101 Å². The van der Waals surface area contributed by atoms with Gasteiger partial charge < -0.3 is 5.32 Å². The van der Waals surface area contributed by atoms with Crippen molar-refractivity contribution >= 4 is 37.4 Å². The van der Waals surface area contributed by atoms with E-state index in [0.29, 0.717) is 6.42 Å². The van der Waals surface area contributed by atoms with E-state index in [4.69, 9.17) is 11.6 Å². The number of carbonyl (C=O) groups is 1. The Morgan fingerprint density at radius 3 is 2.42 bits per heavy atom. The van der Waals surface area contributed by atoms with Crippen molar-refractivity contribution in [3.63, 3.8) is 0 Å². The van der Waals surface area contributed by atoms with Crippen LogP contribution in [0.5, 0.6) is 0 Å². The van der Waals surface area contributed by atoms with E-state index in [1.165, 1.54) is 29.6 Å². The smallest absolute Gasteiger partial charge is 0.251 e. The molecule has 136 valence electrons. The Hall–Kier alpha value is -1.16. The van der Waals surface area contributed by atoms with Gasteiger partial charge >= 0.3 is 0 Å². The lowest BCUT2D eigenvalue weighted by molar-refractivity contribution is 0.0952. The zero-order chi connectivity index (χ0) is 18.5. The molecular formula is C14H21ClN2O5S2. The Morgan fingerprint density at radius 1 is 1.25 bits per heavy atom. The van der Waals surface area contributed by atoms with Gasteiger partial charge in [-0.1, -0.05) is 11.6 Å². The summed E-state index contributed by atoms with van der Waals surface area (Å²) in [4.78, 5) is 11.9. The molecule has 24 heavy (non-hydrogen) atoms. The van der Waals surface area contributed by atoms with Gasteiger partial charge in [0.2, 0.25) is 10.0 Å². The highest BCUT2D eigenvalue weighted by molar-refractivity contribution is 7.90. The molecule has 0 saturated carbocycles. The molecule has 1 N–H and O–H groups in total. The molecule has 10 heteroatoms. The average Bonchev–Trinajstić information content (AvgIpc) is 2.50. The number of nitrogens with one attached hydrogen (secondary N) is 1. The van der Waals surface area contributed by atoms with Crippen molar-refractivity contribution in [3.05, 3.63) is 28.8 Å². The number of nitrogens with zero attached hydrogens (tertiary/aromatic N) is 1. The molecule has 0 atom stereocenters. The number of rotatable bonds is 8. The molecule has 0 aliphatic heterocycles. The number of sulfone groups is 1. The second kappa shape index (κ2) is 8.28. The van der Waals surface area contributed by atoms with Crippen LogP contribution in [0.2, 0.25) is 5.02 Å². The van der Waals surface area contributed by atoms with Crippen LogP contribution in [0.1, 0.15) is 23.7 Å². The fourth-order valence-corrected chi connectivity index (χ4v) is 4.04. The summed E-state index contributed by atoms with van der Waals surface area (Å²) < 4.78 is 47.6. The Morgan fingerprint density at radius 2 is 1.88 bits per heavy atom. The van der Waals surface area contributed by atoms with E-state index >= 15 is 0 Å². The molecule has 0 unspecified atom stereocenters. The maximum atomic E-state index is 12.1. The van der Waals surface area contributed by atoms with Gasteiger partial charge in [0, 0.05) is 32.0 Å². The van der Waals surface area contributed by atoms with Crippen molar-refractivity contribution in [2.24, 2.45) is 0 Å². The highest BCUT2D eigenvalue weighted by atomic mass is 35.5. The van der Waals surface area contributed by atoms with E-state index in [2.05, 4.69) is 5.32 Å². The van der Waals surface area contributed by atoms with E-state index < -0.39 is 25.8 Å². The minimum Gasteiger partial charge on any atom is -0.352 e. The van der Waals surface area contributed by atoms with Gasteiger partial charge in [0.15, 0.2) is 9.84 Å². The number of halogens is 1. The molecule has 0 aliphatic carbocycles. The second-order valence-corrected chi connectivity index (χ2v) is 10.0. The van der Waals surface area contributed by atoms with Crippen LogP contribution in [-0.2, 0) is 19.9 Å². The summed E-state index contributed by atoms with van der Waals surface area (Å²) in [5.74, 6) is -0.424. The standard InChI is InChI=1S/C14H21ClN2O5S2/c1-4-24(21,22)17(2)9-5-8-16-14(18)11-6-7-12(15)13(10-11)23(3,19)20/h6-7,10H,4-5,8-9H2,1-3H3,(H,16,18). The lowest BCUT2D eigenvalue weighted by Gasteiger charge is -2.15. The van der Waals surface area contributed by atoms with E-state index in [-0.39, 0.29) is 34.3 Å². The minimum absolute atomic E-state index is 0.0227. The summed E-state index contributed by atoms with van der Waals surface area (Å²) >= 11 is 5.83. The number of benzene rings is 1. The molecule has 0 radical (unpaired) electrons. The summed E-state index contributed by atoms with van der Waals surface area (Å²) in [6.07, 6.45) is 1.45. The zero-order valence-corrected chi connectivity index (χ0v) is 16.1. The molecule has 1 aromatic carbocycles. The third-order valence-corrected chi connectivity index (χ3v) is 6.81. The van der Waals surface area contributed by atoms with E-state index in [0.717, 1.165) is 6.26 Å². The van der Waals surface area contributed by atoms with Crippen molar-refractivity contribution in [1.29, 1.82) is 0 Å². The number of amides is 1. The van der Waals surface area contributed by atoms with Crippen molar-refractivity contribution < 1.29 is 21.6 Å². The van der Waals surface area contributed by atoms with E-state index in [9.17, 15) is 21.6 Å². The summed E-state index contributed by atoms with van der Waals surface area (Å²) in [5.41, 5.74) is 0.175. The lowest BCUT2D eigenvalue weighted by Crippen LogP contribution is -2.32. The SMILES string of the molecule is CCS(=O)(=O)N(C)CCCNC(=O)c1ccc(Cl)c(S(C)(=O)=O)c1. The van der Waals surface area contributed by atoms with Gasteiger partial charge in [-0.3, -0.25) is 4.79 Å². The lowest BCUT2D eigenvalue weighted by atomic mass is 10.2. The molecule has 1 rings (SSSR count). The van der Waals surface area contributed by atoms with Gasteiger partial charge in [-0.15, -0.1) is 0 Å². The molecule has 0 heterocycles. The monoisotopic (exact) mass is 396 g/mol. The van der Waals surface area contributed by atoms with Crippen molar-refractivity contribution in [3.8, 4) is 0 Å². The van der Waals surface area contributed by atoms with Gasteiger partial charge in [-0.05, 0) is 31.5 Å². The molecule has 0 bridgehead atoms. The predicted molar refractivity (Wildman–Crippen MR) is 93.6 cm³/mol. The first-order valence-corrected chi connectivity index (χ1v) is 11.1. The number of sulfonamides is 1. The fourth-order valence-electron chi connectivity index (χ4n) is 1.89. The van der Waals surface area contributed by atoms with Crippen LogP contribution in [-0.4, -0.2) is 59.2 Å². The van der Waals surface area contributed by atoms with Crippen LogP contribution in [0.3, 0.4) is 0 Å². The first-order chi connectivity index (χ1) is 11.0. The van der Waals surface area contributed by atoms with Crippen LogP contribution in [0, 0.1) is 0 Å². The molecule has 1 amide bonds. The Bertz CT molecular complexity index is 806. The molecule has 0 aliphatic rings. The first-order valence-electron chi connectivity index (χ1n) is 7.21. The predicted octanol–water partition coefficient (Wildman–Crippen LogP) is 1.14. The summed E-state index contributed by atoms with van der Waals surface area (Å²) in [7, 11) is -5.28. The Balaban J connectivity index is 2.64. The van der Waals surface area contributed by atoms with Crippen molar-refractivity contribution in [2.75, 3.05) is 32.1 Å². The van der Waals surface area contributed by atoms with Gasteiger partial charge in [0.05, 0.1) is 15.7 Å². The van der Waals surface area contributed by atoms with Gasteiger partial charge in [0.25, 0.3) is 5.91 Å². The van der Waals surface area contributed by atoms with E-state index in [1.54, 1.807) is 6.92 Å². The van der Waals surface area contributed by atoms with E-state index in [1.807, 2.05) is 0 Å². The van der Waals surface area contributed by atoms with Crippen molar-refractivity contribution in [2.45, 2.75) is 18.2 Å². The Labute approximate surface area is 148 Å². The number of hydrogen-bond donors (Lipinski definition) is 1.